The van der Waals surface area contributed by atoms with Crippen LogP contribution in [0, 0.1) is 34.5 Å². The van der Waals surface area contributed by atoms with E-state index < -0.39 is 75.0 Å². The van der Waals surface area contributed by atoms with Crippen molar-refractivity contribution in [3.63, 3.8) is 0 Å². The molecule has 5 aliphatic rings. The number of carbonyl (C=O) groups is 3. The van der Waals surface area contributed by atoms with Crippen molar-refractivity contribution in [3.05, 3.63) is 23.8 Å². The van der Waals surface area contributed by atoms with Gasteiger partial charge in [-0.3, -0.25) is 14.4 Å². The monoisotopic (exact) mass is 582 g/mol. The van der Waals surface area contributed by atoms with Gasteiger partial charge in [-0.1, -0.05) is 52.0 Å². The molecule has 9 heteroatoms. The van der Waals surface area contributed by atoms with Crippen LogP contribution in [0.5, 0.6) is 0 Å². The molecule has 5 nitrogen and oxygen atoms in total. The normalized spacial score (nSPS) is 44.8. The first-order valence-corrected chi connectivity index (χ1v) is 15.7. The van der Waals surface area contributed by atoms with Crippen molar-refractivity contribution in [2.24, 2.45) is 34.5 Å². The second-order valence-corrected chi connectivity index (χ2v) is 14.2. The molecule has 9 atom stereocenters. The number of hydrogen-bond acceptors (Lipinski definition) is 6. The molecule has 5 rings (SSSR count). The maximum absolute atomic E-state index is 17.5. The largest absolute Gasteiger partial charge is 0.449 e. The molecule has 0 spiro atoms. The number of allylic oxidation sites excluding steroid dienone is 4. The molecule has 0 aromatic heterocycles. The van der Waals surface area contributed by atoms with E-state index in [2.05, 4.69) is 0 Å². The van der Waals surface area contributed by atoms with Crippen LogP contribution in [0.3, 0.4) is 0 Å². The highest BCUT2D eigenvalue weighted by Gasteiger charge is 2.78. The van der Waals surface area contributed by atoms with Gasteiger partial charge in [-0.25, -0.2) is 13.2 Å². The topological polar surface area (TPSA) is 80.7 Å². The Morgan fingerprint density at radius 3 is 2.52 bits per heavy atom. The van der Waals surface area contributed by atoms with Crippen molar-refractivity contribution in [1.82, 2.24) is 0 Å². The van der Waals surface area contributed by atoms with Crippen LogP contribution < -0.4 is 0 Å². The number of ketones is 1. The van der Waals surface area contributed by atoms with Crippen molar-refractivity contribution in [3.8, 4) is 0 Å². The summed E-state index contributed by atoms with van der Waals surface area (Å²) in [4.78, 5) is 39.2. The number of ether oxygens (including phenoxy) is 1. The maximum Gasteiger partial charge on any atom is 0.306 e. The summed E-state index contributed by atoms with van der Waals surface area (Å²) in [5, 5.41) is 11.0. The number of carbonyl (C=O) groups excluding carboxylic acids is 3. The second kappa shape index (κ2) is 10.6. The molecule has 222 valence electrons. The third-order valence-corrected chi connectivity index (χ3v) is 12.1. The van der Waals surface area contributed by atoms with Crippen LogP contribution in [0.15, 0.2) is 23.8 Å². The predicted molar refractivity (Wildman–Crippen MR) is 146 cm³/mol. The number of thioether (sulfide) groups is 1. The fourth-order valence-electron chi connectivity index (χ4n) is 9.40. The Hall–Kier alpha value is -1.61. The Labute approximate surface area is 238 Å². The van der Waals surface area contributed by atoms with E-state index in [1.165, 1.54) is 25.5 Å². The molecular weight excluding hydrogens is 541 g/mol. The molecule has 5 aliphatic carbocycles. The standard InChI is InChI=1S/C31H41F3O5S/c1-18-13-21-22-15-24(33)23-14-20(35)11-12-28(23,2)30(22,34)25(36)16-29(21,3)31(18,27(38)40-17-32)39-26(37)10-9-19-7-5-4-6-8-19/h11-12,14,18-19,21-22,24-25,36H,4-10,13,15-17H2,1-3H3/t18-,21+,22+,24+,25+,28+,29+,30+,31+/m1/s1. The lowest BCUT2D eigenvalue weighted by Gasteiger charge is -2.63. The average molecular weight is 583 g/mol. The van der Waals surface area contributed by atoms with E-state index >= 15 is 8.78 Å². The molecular formula is C31H41F3O5S. The molecule has 0 aromatic carbocycles. The van der Waals surface area contributed by atoms with Gasteiger partial charge < -0.3 is 9.84 Å². The molecule has 0 saturated heterocycles. The van der Waals surface area contributed by atoms with E-state index in [4.69, 9.17) is 4.74 Å². The van der Waals surface area contributed by atoms with Crippen LogP contribution in [0.4, 0.5) is 13.2 Å². The summed E-state index contributed by atoms with van der Waals surface area (Å²) >= 11 is 0.431. The summed E-state index contributed by atoms with van der Waals surface area (Å²) in [5.41, 5.74) is -6.84. The van der Waals surface area contributed by atoms with E-state index in [9.17, 15) is 23.9 Å². The van der Waals surface area contributed by atoms with Crippen molar-refractivity contribution >= 4 is 28.6 Å². The third kappa shape index (κ3) is 4.18. The zero-order valence-corrected chi connectivity index (χ0v) is 24.4. The molecule has 0 amide bonds. The smallest absolute Gasteiger partial charge is 0.306 e. The van der Waals surface area contributed by atoms with Crippen LogP contribution in [-0.4, -0.2) is 51.5 Å². The Morgan fingerprint density at radius 1 is 1.15 bits per heavy atom. The summed E-state index contributed by atoms with van der Waals surface area (Å²) in [6.07, 6.45) is 6.60. The van der Waals surface area contributed by atoms with Crippen LogP contribution >= 0.6 is 11.8 Å². The van der Waals surface area contributed by atoms with Crippen molar-refractivity contribution < 1.29 is 37.4 Å². The Kier molecular flexibility index (Phi) is 7.90. The SMILES string of the molecule is C[C@@H]1C[C@H]2[C@@H]3C[C@H](F)C4=CC(=O)C=C[C@]4(C)[C@@]3(F)[C@@H](O)C[C@]2(C)[C@@]1(OC(=O)CCC1CCCCC1)C(=O)SCF. The Bertz CT molecular complexity index is 1120. The third-order valence-electron chi connectivity index (χ3n) is 11.4. The first-order valence-electron chi connectivity index (χ1n) is 14.8. The Balaban J connectivity index is 1.51. The minimum Gasteiger partial charge on any atom is -0.449 e. The van der Waals surface area contributed by atoms with Gasteiger partial charge in [0, 0.05) is 29.1 Å². The summed E-state index contributed by atoms with van der Waals surface area (Å²) in [7, 11) is 0. The minimum absolute atomic E-state index is 0.0249. The van der Waals surface area contributed by atoms with Gasteiger partial charge in [0.05, 0.1) is 6.10 Å². The first-order chi connectivity index (χ1) is 18.8. The lowest BCUT2D eigenvalue weighted by molar-refractivity contribution is -0.228. The van der Waals surface area contributed by atoms with Gasteiger partial charge in [-0.2, -0.15) is 0 Å². The summed E-state index contributed by atoms with van der Waals surface area (Å²) in [6, 6.07) is -1.01. The fourth-order valence-corrected chi connectivity index (χ4v) is 10.2. The molecule has 0 heterocycles. The Morgan fingerprint density at radius 2 is 1.85 bits per heavy atom. The minimum atomic E-state index is -2.31. The van der Waals surface area contributed by atoms with Gasteiger partial charge in [0.1, 0.15) is 12.2 Å². The fraction of sp³-hybridized carbons (Fsp3) is 0.774. The zero-order valence-electron chi connectivity index (χ0n) is 23.6. The number of aliphatic hydroxyl groups excluding tert-OH is 1. The molecule has 0 aliphatic heterocycles. The number of alkyl halides is 3. The average Bonchev–Trinajstić information content (AvgIpc) is 3.13. The number of esters is 1. The number of halogens is 3. The van der Waals surface area contributed by atoms with E-state index in [1.54, 1.807) is 13.8 Å². The van der Waals surface area contributed by atoms with Gasteiger partial charge in [0.15, 0.2) is 17.1 Å². The highest BCUT2D eigenvalue weighted by molar-refractivity contribution is 8.13. The first kappa shape index (κ1) is 29.9. The summed E-state index contributed by atoms with van der Waals surface area (Å²) in [5.74, 6) is -2.76. The molecule has 0 radical (unpaired) electrons. The van der Waals surface area contributed by atoms with Crippen LogP contribution in [0.25, 0.3) is 0 Å². The predicted octanol–water partition coefficient (Wildman–Crippen LogP) is 6.38. The van der Waals surface area contributed by atoms with Crippen molar-refractivity contribution in [2.45, 2.75) is 109 Å². The van der Waals surface area contributed by atoms with E-state index in [0.717, 1.165) is 31.8 Å². The lowest BCUT2D eigenvalue weighted by Crippen LogP contribution is -2.70. The van der Waals surface area contributed by atoms with Gasteiger partial charge >= 0.3 is 5.97 Å². The molecule has 4 fully saturated rings. The number of fused-ring (bicyclic) bond motifs is 5. The van der Waals surface area contributed by atoms with Gasteiger partial charge in [0.2, 0.25) is 5.12 Å². The molecule has 40 heavy (non-hydrogen) atoms. The summed E-state index contributed by atoms with van der Waals surface area (Å²) < 4.78 is 53.0. The molecule has 0 aromatic rings. The lowest BCUT2D eigenvalue weighted by atomic mass is 9.44. The van der Waals surface area contributed by atoms with E-state index in [0.29, 0.717) is 24.1 Å². The van der Waals surface area contributed by atoms with Crippen molar-refractivity contribution in [1.29, 1.82) is 0 Å². The van der Waals surface area contributed by atoms with Gasteiger partial charge in [0.25, 0.3) is 0 Å². The second-order valence-electron chi connectivity index (χ2n) is 13.3. The molecule has 0 unspecified atom stereocenters. The number of aliphatic hydroxyl groups is 1. The maximum atomic E-state index is 17.5. The summed E-state index contributed by atoms with van der Waals surface area (Å²) in [6.45, 7) is 4.99. The van der Waals surface area contributed by atoms with Crippen LogP contribution in [-0.2, 0) is 19.1 Å². The van der Waals surface area contributed by atoms with Crippen LogP contribution in [0.2, 0.25) is 0 Å². The van der Waals surface area contributed by atoms with Crippen LogP contribution in [0.1, 0.15) is 85.0 Å². The van der Waals surface area contributed by atoms with Gasteiger partial charge in [-0.05, 0) is 73.9 Å². The van der Waals surface area contributed by atoms with E-state index in [-0.39, 0.29) is 31.3 Å². The number of rotatable bonds is 6. The quantitative estimate of drug-likeness (QED) is 0.366. The number of hydrogen-bond donors (Lipinski definition) is 1. The highest BCUT2D eigenvalue weighted by Crippen LogP contribution is 2.72. The molecule has 1 N–H and O–H groups in total. The molecule has 0 bridgehead atoms. The van der Waals surface area contributed by atoms with E-state index in [1.807, 2.05) is 0 Å². The van der Waals surface area contributed by atoms with Gasteiger partial charge in [-0.15, -0.1) is 0 Å². The van der Waals surface area contributed by atoms with Crippen molar-refractivity contribution in [2.75, 3.05) is 6.01 Å². The highest BCUT2D eigenvalue weighted by atomic mass is 32.2. The zero-order chi connectivity index (χ0) is 29.1. The molecule has 4 saturated carbocycles.